The molecule has 130 valence electrons. The van der Waals surface area contributed by atoms with E-state index in [2.05, 4.69) is 5.10 Å². The van der Waals surface area contributed by atoms with Crippen LogP contribution in [0.4, 0.5) is 4.39 Å². The Morgan fingerprint density at radius 1 is 1.21 bits per heavy atom. The van der Waals surface area contributed by atoms with E-state index in [1.807, 2.05) is 0 Å². The molecule has 1 aromatic heterocycles. The van der Waals surface area contributed by atoms with Crippen LogP contribution in [0, 0.1) is 5.82 Å². The number of nitrogens with zero attached hydrogens (tertiary/aromatic N) is 3. The zero-order valence-corrected chi connectivity index (χ0v) is 14.9. The topological polar surface area (TPSA) is 55.2 Å². The summed E-state index contributed by atoms with van der Waals surface area (Å²) in [4.78, 5) is 0.0918. The van der Waals surface area contributed by atoms with Crippen LogP contribution in [0.3, 0.4) is 0 Å². The summed E-state index contributed by atoms with van der Waals surface area (Å²) in [6.45, 7) is 0.409. The van der Waals surface area contributed by atoms with Crippen molar-refractivity contribution in [3.8, 4) is 0 Å². The van der Waals surface area contributed by atoms with E-state index >= 15 is 0 Å². The van der Waals surface area contributed by atoms with Crippen LogP contribution in [0.1, 0.15) is 37.4 Å². The Labute approximate surface area is 146 Å². The largest absolute Gasteiger partial charge is 0.269 e. The number of rotatable bonds is 3. The van der Waals surface area contributed by atoms with Gasteiger partial charge in [0.15, 0.2) is 0 Å². The van der Waals surface area contributed by atoms with Crippen LogP contribution in [0.2, 0.25) is 5.02 Å². The Hall–Kier alpha value is -1.44. The van der Waals surface area contributed by atoms with Crippen molar-refractivity contribution >= 4 is 21.6 Å². The zero-order valence-electron chi connectivity index (χ0n) is 13.3. The van der Waals surface area contributed by atoms with Gasteiger partial charge in [-0.3, -0.25) is 4.68 Å². The van der Waals surface area contributed by atoms with Crippen molar-refractivity contribution < 1.29 is 12.8 Å². The van der Waals surface area contributed by atoms with Crippen molar-refractivity contribution in [2.45, 2.75) is 36.6 Å². The van der Waals surface area contributed by atoms with Gasteiger partial charge in [-0.15, -0.1) is 0 Å². The molecule has 1 saturated heterocycles. The first-order chi connectivity index (χ1) is 11.4. The van der Waals surface area contributed by atoms with Crippen molar-refractivity contribution in [1.29, 1.82) is 0 Å². The van der Waals surface area contributed by atoms with Crippen LogP contribution >= 0.6 is 11.6 Å². The summed E-state index contributed by atoms with van der Waals surface area (Å²) in [5.41, 5.74) is 0.698. The number of aryl methyl sites for hydroxylation is 1. The standard InChI is InChI=1S/C16H19ClFN3O2S/c1-20-16(14(17)11-19-20)15-5-3-2-4-10-21(15)24(22,23)13-8-6-12(18)7-9-13/h6-9,11,15H,2-5,10H2,1H3/t15-/m0/s1. The SMILES string of the molecule is Cn1ncc(Cl)c1[C@@H]1CCCCCN1S(=O)(=O)c1ccc(F)cc1. The summed E-state index contributed by atoms with van der Waals surface area (Å²) in [6.07, 6.45) is 4.87. The van der Waals surface area contributed by atoms with Gasteiger partial charge in [0.1, 0.15) is 5.82 Å². The molecule has 1 fully saturated rings. The molecule has 0 bridgehead atoms. The lowest BCUT2D eigenvalue weighted by Crippen LogP contribution is -2.35. The highest BCUT2D eigenvalue weighted by Crippen LogP contribution is 2.37. The van der Waals surface area contributed by atoms with E-state index < -0.39 is 15.8 Å². The van der Waals surface area contributed by atoms with Crippen molar-refractivity contribution in [1.82, 2.24) is 14.1 Å². The summed E-state index contributed by atoms with van der Waals surface area (Å²) in [5, 5.41) is 4.60. The maximum atomic E-state index is 13.2. The minimum Gasteiger partial charge on any atom is -0.269 e. The minimum atomic E-state index is -3.74. The van der Waals surface area contributed by atoms with E-state index in [0.717, 1.165) is 31.4 Å². The molecule has 0 N–H and O–H groups in total. The van der Waals surface area contributed by atoms with Crippen molar-refractivity contribution in [3.05, 3.63) is 47.0 Å². The van der Waals surface area contributed by atoms with Crippen LogP contribution < -0.4 is 0 Å². The third-order valence-electron chi connectivity index (χ3n) is 4.38. The lowest BCUT2D eigenvalue weighted by Gasteiger charge is -2.29. The average Bonchev–Trinajstić information content (AvgIpc) is 2.76. The summed E-state index contributed by atoms with van der Waals surface area (Å²) < 4.78 is 42.5. The fraction of sp³-hybridized carbons (Fsp3) is 0.438. The molecule has 24 heavy (non-hydrogen) atoms. The van der Waals surface area contributed by atoms with Gasteiger partial charge in [-0.05, 0) is 37.1 Å². The van der Waals surface area contributed by atoms with Crippen LogP contribution in [-0.4, -0.2) is 29.0 Å². The second-order valence-electron chi connectivity index (χ2n) is 5.94. The van der Waals surface area contributed by atoms with Crippen LogP contribution in [0.25, 0.3) is 0 Å². The van der Waals surface area contributed by atoms with Gasteiger partial charge in [0.2, 0.25) is 10.0 Å². The Morgan fingerprint density at radius 2 is 1.92 bits per heavy atom. The zero-order chi connectivity index (χ0) is 17.3. The van der Waals surface area contributed by atoms with Gasteiger partial charge in [0.05, 0.1) is 27.9 Å². The molecule has 5 nitrogen and oxygen atoms in total. The molecular formula is C16H19ClFN3O2S. The number of benzene rings is 1. The number of aromatic nitrogens is 2. The van der Waals surface area contributed by atoms with Gasteiger partial charge in [0.25, 0.3) is 0 Å². The number of hydrogen-bond donors (Lipinski definition) is 0. The molecule has 2 aromatic rings. The molecule has 0 unspecified atom stereocenters. The maximum absolute atomic E-state index is 13.2. The molecule has 1 aromatic carbocycles. The summed E-state index contributed by atoms with van der Waals surface area (Å²) in [5.74, 6) is -0.462. The van der Waals surface area contributed by atoms with Gasteiger partial charge < -0.3 is 0 Å². The number of sulfonamides is 1. The van der Waals surface area contributed by atoms with Gasteiger partial charge >= 0.3 is 0 Å². The molecule has 0 saturated carbocycles. The quantitative estimate of drug-likeness (QED) is 0.829. The first-order valence-electron chi connectivity index (χ1n) is 7.86. The molecule has 1 atom stereocenters. The Bertz CT molecular complexity index is 801. The fourth-order valence-corrected chi connectivity index (χ4v) is 5.13. The number of halogens is 2. The predicted molar refractivity (Wildman–Crippen MR) is 89.7 cm³/mol. The van der Waals surface area contributed by atoms with E-state index in [0.29, 0.717) is 23.7 Å². The molecule has 0 aliphatic carbocycles. The predicted octanol–water partition coefficient (Wildman–Crippen LogP) is 3.52. The molecule has 0 amide bonds. The fourth-order valence-electron chi connectivity index (χ4n) is 3.18. The molecule has 0 spiro atoms. The second kappa shape index (κ2) is 6.82. The lowest BCUT2D eigenvalue weighted by molar-refractivity contribution is 0.315. The van der Waals surface area contributed by atoms with E-state index in [1.165, 1.54) is 22.6 Å². The van der Waals surface area contributed by atoms with Crippen molar-refractivity contribution in [2.75, 3.05) is 6.54 Å². The van der Waals surface area contributed by atoms with Gasteiger partial charge in [-0.1, -0.05) is 24.4 Å². The molecule has 8 heteroatoms. The van der Waals surface area contributed by atoms with Crippen molar-refractivity contribution in [3.63, 3.8) is 0 Å². The molecule has 0 radical (unpaired) electrons. The van der Waals surface area contributed by atoms with E-state index in [4.69, 9.17) is 11.6 Å². The molecule has 3 rings (SSSR count). The highest BCUT2D eigenvalue weighted by atomic mass is 35.5. The summed E-state index contributed by atoms with van der Waals surface area (Å²) in [7, 11) is -1.99. The average molecular weight is 372 g/mol. The Balaban J connectivity index is 2.06. The van der Waals surface area contributed by atoms with Gasteiger partial charge in [-0.25, -0.2) is 12.8 Å². The van der Waals surface area contributed by atoms with E-state index in [9.17, 15) is 12.8 Å². The van der Waals surface area contributed by atoms with Gasteiger partial charge in [-0.2, -0.15) is 9.40 Å². The Kier molecular flexibility index (Phi) is 4.94. The molecule has 1 aliphatic rings. The highest BCUT2D eigenvalue weighted by Gasteiger charge is 2.36. The monoisotopic (exact) mass is 371 g/mol. The van der Waals surface area contributed by atoms with Gasteiger partial charge in [0, 0.05) is 13.6 Å². The van der Waals surface area contributed by atoms with Crippen molar-refractivity contribution in [2.24, 2.45) is 7.05 Å². The molecular weight excluding hydrogens is 353 g/mol. The first-order valence-corrected chi connectivity index (χ1v) is 9.68. The van der Waals surface area contributed by atoms with E-state index in [1.54, 1.807) is 11.7 Å². The third kappa shape index (κ3) is 3.20. The van der Waals surface area contributed by atoms with Crippen LogP contribution in [0.15, 0.2) is 35.4 Å². The van der Waals surface area contributed by atoms with Crippen LogP contribution in [0.5, 0.6) is 0 Å². The van der Waals surface area contributed by atoms with Crippen LogP contribution in [-0.2, 0) is 17.1 Å². The third-order valence-corrected chi connectivity index (χ3v) is 6.59. The number of hydrogen-bond acceptors (Lipinski definition) is 3. The highest BCUT2D eigenvalue weighted by molar-refractivity contribution is 7.89. The maximum Gasteiger partial charge on any atom is 0.243 e. The van der Waals surface area contributed by atoms with E-state index in [-0.39, 0.29) is 10.9 Å². The summed E-state index contributed by atoms with van der Waals surface area (Å²) >= 11 is 6.26. The Morgan fingerprint density at radius 3 is 2.54 bits per heavy atom. The molecule has 2 heterocycles. The minimum absolute atomic E-state index is 0.0918. The smallest absolute Gasteiger partial charge is 0.243 e. The first kappa shape index (κ1) is 17.4. The normalized spacial score (nSPS) is 20.0. The lowest BCUT2D eigenvalue weighted by atomic mass is 10.1. The second-order valence-corrected chi connectivity index (χ2v) is 8.23. The molecule has 1 aliphatic heterocycles. The summed E-state index contributed by atoms with van der Waals surface area (Å²) in [6, 6.07) is 4.56.